The van der Waals surface area contributed by atoms with Crippen LogP contribution in [0.3, 0.4) is 0 Å². The third-order valence-electron chi connectivity index (χ3n) is 2.02. The van der Waals surface area contributed by atoms with Crippen molar-refractivity contribution in [2.45, 2.75) is 12.8 Å². The molecule has 1 aromatic rings. The normalized spacial score (nSPS) is 11.8. The molecule has 0 fully saturated rings. The van der Waals surface area contributed by atoms with Gasteiger partial charge in [0.25, 0.3) is 0 Å². The summed E-state index contributed by atoms with van der Waals surface area (Å²) in [5.41, 5.74) is 0. The molecular formula is C10H18N2O2S2. The van der Waals surface area contributed by atoms with Crippen LogP contribution in [0.1, 0.15) is 11.3 Å². The smallest absolute Gasteiger partial charge is 0.208 e. The molecule has 0 atom stereocenters. The second kappa shape index (κ2) is 7.01. The van der Waals surface area contributed by atoms with Crippen LogP contribution in [0, 0.1) is 0 Å². The van der Waals surface area contributed by atoms with Crippen LogP contribution >= 0.6 is 11.3 Å². The molecule has 1 aromatic heterocycles. The average Bonchev–Trinajstić information content (AvgIpc) is 2.67. The third-order valence-corrected chi connectivity index (χ3v) is 3.69. The van der Waals surface area contributed by atoms with Gasteiger partial charge in [-0.2, -0.15) is 0 Å². The Morgan fingerprint density at radius 2 is 2.12 bits per heavy atom. The molecule has 0 aliphatic carbocycles. The summed E-state index contributed by atoms with van der Waals surface area (Å²) in [4.78, 5) is 1.38. The van der Waals surface area contributed by atoms with Gasteiger partial charge < -0.3 is 5.32 Å². The van der Waals surface area contributed by atoms with Crippen molar-refractivity contribution in [1.29, 1.82) is 0 Å². The first kappa shape index (κ1) is 13.6. The fourth-order valence-corrected chi connectivity index (χ4v) is 2.49. The molecule has 0 aromatic carbocycles. The Morgan fingerprint density at radius 3 is 2.75 bits per heavy atom. The molecule has 0 aliphatic heterocycles. The summed E-state index contributed by atoms with van der Waals surface area (Å²) < 4.78 is 24.0. The minimum atomic E-state index is -3.03. The Hall–Kier alpha value is -0.430. The van der Waals surface area contributed by atoms with E-state index in [2.05, 4.69) is 27.6 Å². The zero-order chi connectivity index (χ0) is 11.9. The van der Waals surface area contributed by atoms with Crippen molar-refractivity contribution in [3.63, 3.8) is 0 Å². The predicted octanol–water partition coefficient (Wildman–Crippen LogP) is 0.820. The van der Waals surface area contributed by atoms with Gasteiger partial charge >= 0.3 is 0 Å². The van der Waals surface area contributed by atoms with E-state index in [0.717, 1.165) is 25.9 Å². The van der Waals surface area contributed by atoms with E-state index in [9.17, 15) is 8.42 Å². The van der Waals surface area contributed by atoms with Gasteiger partial charge in [0.05, 0.1) is 6.26 Å². The third kappa shape index (κ3) is 6.95. The van der Waals surface area contributed by atoms with Crippen molar-refractivity contribution in [1.82, 2.24) is 10.0 Å². The Morgan fingerprint density at radius 1 is 1.31 bits per heavy atom. The zero-order valence-electron chi connectivity index (χ0n) is 9.40. The average molecular weight is 262 g/mol. The summed E-state index contributed by atoms with van der Waals surface area (Å²) >= 11 is 1.76. The fraction of sp³-hybridized carbons (Fsp3) is 0.600. The quantitative estimate of drug-likeness (QED) is 0.682. The molecule has 1 rings (SSSR count). The molecule has 1 heterocycles. The van der Waals surface area contributed by atoms with E-state index in [-0.39, 0.29) is 0 Å². The van der Waals surface area contributed by atoms with Gasteiger partial charge in [-0.25, -0.2) is 13.1 Å². The van der Waals surface area contributed by atoms with Crippen molar-refractivity contribution in [3.8, 4) is 0 Å². The van der Waals surface area contributed by atoms with Crippen molar-refractivity contribution >= 4 is 21.4 Å². The highest BCUT2D eigenvalue weighted by Gasteiger charge is 1.98. The Kier molecular flexibility index (Phi) is 5.97. The number of nitrogens with one attached hydrogen (secondary N) is 2. The van der Waals surface area contributed by atoms with Crippen LogP contribution in [0.2, 0.25) is 0 Å². The highest BCUT2D eigenvalue weighted by Crippen LogP contribution is 2.07. The molecule has 0 bridgehead atoms. The first-order chi connectivity index (χ1) is 7.58. The molecular weight excluding hydrogens is 244 g/mol. The second-order valence-electron chi connectivity index (χ2n) is 3.60. The first-order valence-electron chi connectivity index (χ1n) is 5.26. The van der Waals surface area contributed by atoms with Gasteiger partial charge in [0.2, 0.25) is 10.0 Å². The van der Waals surface area contributed by atoms with Crippen LogP contribution in [-0.4, -0.2) is 34.3 Å². The van der Waals surface area contributed by atoms with Crippen molar-refractivity contribution in [2.24, 2.45) is 0 Å². The summed E-state index contributed by atoms with van der Waals surface area (Å²) in [6.07, 6.45) is 3.03. The maximum Gasteiger partial charge on any atom is 0.208 e. The van der Waals surface area contributed by atoms with Crippen molar-refractivity contribution < 1.29 is 8.42 Å². The molecule has 92 valence electrons. The largest absolute Gasteiger partial charge is 0.316 e. The molecule has 0 saturated heterocycles. The molecule has 6 heteroatoms. The molecule has 0 aliphatic rings. The lowest BCUT2D eigenvalue weighted by Crippen LogP contribution is -2.27. The van der Waals surface area contributed by atoms with E-state index < -0.39 is 10.0 Å². The number of sulfonamides is 1. The Balaban J connectivity index is 1.93. The summed E-state index contributed by atoms with van der Waals surface area (Å²) in [7, 11) is -3.03. The Bertz CT molecular complexity index is 374. The molecule has 4 nitrogen and oxygen atoms in total. The minimum Gasteiger partial charge on any atom is -0.316 e. The van der Waals surface area contributed by atoms with E-state index in [0.29, 0.717) is 6.54 Å². The highest BCUT2D eigenvalue weighted by molar-refractivity contribution is 7.88. The van der Waals surface area contributed by atoms with Gasteiger partial charge in [0.15, 0.2) is 0 Å². The topological polar surface area (TPSA) is 58.2 Å². The van der Waals surface area contributed by atoms with Gasteiger partial charge in [-0.1, -0.05) is 6.07 Å². The minimum absolute atomic E-state index is 0.505. The van der Waals surface area contributed by atoms with Crippen LogP contribution in [0.4, 0.5) is 0 Å². The van der Waals surface area contributed by atoms with E-state index in [1.54, 1.807) is 11.3 Å². The van der Waals surface area contributed by atoms with Crippen LogP contribution in [0.25, 0.3) is 0 Å². The van der Waals surface area contributed by atoms with E-state index in [4.69, 9.17) is 0 Å². The van der Waals surface area contributed by atoms with Gasteiger partial charge in [0.1, 0.15) is 0 Å². The molecule has 0 spiro atoms. The first-order valence-corrected chi connectivity index (χ1v) is 8.03. The lowest BCUT2D eigenvalue weighted by atomic mass is 10.3. The van der Waals surface area contributed by atoms with E-state index in [1.165, 1.54) is 11.1 Å². The number of hydrogen-bond acceptors (Lipinski definition) is 4. The molecule has 0 saturated carbocycles. The molecule has 0 amide bonds. The summed E-state index contributed by atoms with van der Waals surface area (Å²) in [6, 6.07) is 4.17. The molecule has 16 heavy (non-hydrogen) atoms. The van der Waals surface area contributed by atoms with Crippen molar-refractivity contribution in [3.05, 3.63) is 22.4 Å². The maximum atomic E-state index is 10.7. The molecule has 0 radical (unpaired) electrons. The summed E-state index contributed by atoms with van der Waals surface area (Å²) in [6.45, 7) is 2.29. The number of hydrogen-bond donors (Lipinski definition) is 2. The monoisotopic (exact) mass is 262 g/mol. The lowest BCUT2D eigenvalue weighted by Gasteiger charge is -2.04. The molecule has 0 unspecified atom stereocenters. The zero-order valence-corrected chi connectivity index (χ0v) is 11.0. The number of thiophene rings is 1. The summed E-state index contributed by atoms with van der Waals surface area (Å²) in [5, 5.41) is 5.36. The standard InChI is InChI=1S/C10H18N2O2S2/c1-16(13,14)12-7-3-6-11-8-5-10-4-2-9-15-10/h2,4,9,11-12H,3,5-8H2,1H3. The van der Waals surface area contributed by atoms with E-state index in [1.807, 2.05) is 0 Å². The lowest BCUT2D eigenvalue weighted by molar-refractivity contribution is 0.579. The van der Waals surface area contributed by atoms with Gasteiger partial charge in [-0.15, -0.1) is 11.3 Å². The van der Waals surface area contributed by atoms with Crippen LogP contribution in [0.5, 0.6) is 0 Å². The van der Waals surface area contributed by atoms with E-state index >= 15 is 0 Å². The van der Waals surface area contributed by atoms with Crippen LogP contribution < -0.4 is 10.0 Å². The molecule has 2 N–H and O–H groups in total. The Labute approximate surface area is 101 Å². The fourth-order valence-electron chi connectivity index (χ4n) is 1.26. The van der Waals surface area contributed by atoms with Gasteiger partial charge in [-0.3, -0.25) is 0 Å². The highest BCUT2D eigenvalue weighted by atomic mass is 32.2. The van der Waals surface area contributed by atoms with Crippen molar-refractivity contribution in [2.75, 3.05) is 25.9 Å². The van der Waals surface area contributed by atoms with Crippen LogP contribution in [-0.2, 0) is 16.4 Å². The maximum absolute atomic E-state index is 10.7. The van der Waals surface area contributed by atoms with Gasteiger partial charge in [0, 0.05) is 11.4 Å². The SMILES string of the molecule is CS(=O)(=O)NCCCNCCc1cccs1. The van der Waals surface area contributed by atoms with Gasteiger partial charge in [-0.05, 0) is 37.4 Å². The summed E-state index contributed by atoms with van der Waals surface area (Å²) in [5.74, 6) is 0. The number of rotatable bonds is 8. The predicted molar refractivity (Wildman–Crippen MR) is 68.4 cm³/mol. The van der Waals surface area contributed by atoms with Crippen LogP contribution in [0.15, 0.2) is 17.5 Å². The second-order valence-corrected chi connectivity index (χ2v) is 6.46.